The lowest BCUT2D eigenvalue weighted by Gasteiger charge is -2.05. The van der Waals surface area contributed by atoms with Gasteiger partial charge in [-0.3, -0.25) is 4.52 Å². The molecule has 114 valence electrons. The Bertz CT molecular complexity index is 388. The number of phosphoric acid groups is 1. The van der Waals surface area contributed by atoms with Crippen molar-refractivity contribution in [2.24, 2.45) is 0 Å². The topological polar surface area (TPSA) is 66.8 Å². The summed E-state index contributed by atoms with van der Waals surface area (Å²) < 4.78 is 14.8. The van der Waals surface area contributed by atoms with E-state index in [1.165, 1.54) is 31.2 Å². The van der Waals surface area contributed by atoms with Crippen molar-refractivity contribution in [3.63, 3.8) is 0 Å². The van der Waals surface area contributed by atoms with Crippen LogP contribution < -0.4 is 0 Å². The normalized spacial score (nSPS) is 11.7. The summed E-state index contributed by atoms with van der Waals surface area (Å²) in [5, 5.41) is 0. The van der Waals surface area contributed by atoms with Crippen molar-refractivity contribution in [1.29, 1.82) is 0 Å². The number of phosphoric ester groups is 1. The maximum Gasteiger partial charge on any atom is 0.469 e. The molecule has 1 rings (SSSR count). The van der Waals surface area contributed by atoms with Crippen LogP contribution in [0.3, 0.4) is 0 Å². The van der Waals surface area contributed by atoms with Crippen molar-refractivity contribution in [3.05, 3.63) is 35.9 Å². The maximum absolute atomic E-state index is 10.4. The van der Waals surface area contributed by atoms with Crippen LogP contribution >= 0.6 is 7.82 Å². The van der Waals surface area contributed by atoms with E-state index in [2.05, 4.69) is 28.8 Å². The third kappa shape index (κ3) is 10.2. The van der Waals surface area contributed by atoms with Gasteiger partial charge in [-0.1, -0.05) is 62.4 Å². The smallest absolute Gasteiger partial charge is 0.303 e. The van der Waals surface area contributed by atoms with Crippen LogP contribution in [0, 0.1) is 0 Å². The van der Waals surface area contributed by atoms with Gasteiger partial charge >= 0.3 is 7.82 Å². The minimum atomic E-state index is -4.27. The Morgan fingerprint density at radius 1 is 0.850 bits per heavy atom. The van der Waals surface area contributed by atoms with E-state index in [1.807, 2.05) is 6.07 Å². The monoisotopic (exact) mass is 300 g/mol. The van der Waals surface area contributed by atoms with E-state index in [0.29, 0.717) is 0 Å². The van der Waals surface area contributed by atoms with Crippen molar-refractivity contribution in [3.8, 4) is 0 Å². The Labute approximate surface area is 121 Å². The summed E-state index contributed by atoms with van der Waals surface area (Å²) in [6.07, 6.45) is 8.83. The highest BCUT2D eigenvalue weighted by Crippen LogP contribution is 2.35. The molecule has 5 heteroatoms. The molecule has 0 unspecified atom stereocenters. The van der Waals surface area contributed by atoms with Gasteiger partial charge in [-0.2, -0.15) is 0 Å². The standard InChI is InChI=1S/C15H25O4P/c16-20(17,18)19-14-10-5-3-1-2-4-7-11-15-12-8-6-9-13-15/h6,8-9,12-13H,1-5,7,10-11,14H2,(H2,16,17,18). The Morgan fingerprint density at radius 2 is 1.40 bits per heavy atom. The van der Waals surface area contributed by atoms with Gasteiger partial charge in [-0.05, 0) is 24.8 Å². The van der Waals surface area contributed by atoms with E-state index in [0.717, 1.165) is 25.7 Å². The predicted molar refractivity (Wildman–Crippen MR) is 80.5 cm³/mol. The summed E-state index contributed by atoms with van der Waals surface area (Å²) in [5.74, 6) is 0. The minimum Gasteiger partial charge on any atom is -0.303 e. The van der Waals surface area contributed by atoms with Crippen LogP contribution in [-0.2, 0) is 15.5 Å². The first-order valence-corrected chi connectivity index (χ1v) is 8.85. The lowest BCUT2D eigenvalue weighted by molar-refractivity contribution is 0.193. The van der Waals surface area contributed by atoms with Crippen molar-refractivity contribution in [2.45, 2.75) is 51.4 Å². The summed E-state index contributed by atoms with van der Waals surface area (Å²) in [7, 11) is -4.27. The van der Waals surface area contributed by atoms with Crippen molar-refractivity contribution >= 4 is 7.82 Å². The molecule has 0 bridgehead atoms. The van der Waals surface area contributed by atoms with Gasteiger partial charge < -0.3 is 9.79 Å². The van der Waals surface area contributed by atoms with E-state index in [-0.39, 0.29) is 6.61 Å². The third-order valence-corrected chi connectivity index (χ3v) is 3.73. The number of hydrogen-bond acceptors (Lipinski definition) is 2. The minimum absolute atomic E-state index is 0.151. The fourth-order valence-corrected chi connectivity index (χ4v) is 2.51. The average Bonchev–Trinajstić information content (AvgIpc) is 2.41. The second kappa shape index (κ2) is 10.1. The molecule has 0 fully saturated rings. The SMILES string of the molecule is O=P(O)(O)OCCCCCCCCCc1ccccc1. The molecule has 0 amide bonds. The second-order valence-electron chi connectivity index (χ2n) is 5.03. The Hall–Kier alpha value is -0.670. The molecule has 4 nitrogen and oxygen atoms in total. The third-order valence-electron chi connectivity index (χ3n) is 3.21. The van der Waals surface area contributed by atoms with Gasteiger partial charge in [0.1, 0.15) is 0 Å². The highest BCUT2D eigenvalue weighted by molar-refractivity contribution is 7.46. The zero-order valence-electron chi connectivity index (χ0n) is 11.9. The number of aryl methyl sites for hydroxylation is 1. The van der Waals surface area contributed by atoms with Gasteiger partial charge in [0.15, 0.2) is 0 Å². The molecule has 0 radical (unpaired) electrons. The molecule has 0 aliphatic rings. The molecule has 20 heavy (non-hydrogen) atoms. The molecule has 0 saturated heterocycles. The van der Waals surface area contributed by atoms with Gasteiger partial charge in [0.2, 0.25) is 0 Å². The number of benzene rings is 1. The van der Waals surface area contributed by atoms with Crippen LogP contribution in [0.15, 0.2) is 30.3 Å². The molecule has 1 aromatic rings. The highest BCUT2D eigenvalue weighted by atomic mass is 31.2. The van der Waals surface area contributed by atoms with Crippen LogP contribution in [0.2, 0.25) is 0 Å². The van der Waals surface area contributed by atoms with Crippen LogP contribution in [0.4, 0.5) is 0 Å². The van der Waals surface area contributed by atoms with E-state index in [4.69, 9.17) is 9.79 Å². The van der Waals surface area contributed by atoms with Crippen LogP contribution in [0.5, 0.6) is 0 Å². The summed E-state index contributed by atoms with van der Waals surface area (Å²) in [4.78, 5) is 17.0. The van der Waals surface area contributed by atoms with Gasteiger partial charge in [0, 0.05) is 0 Å². The zero-order valence-corrected chi connectivity index (χ0v) is 12.8. The first-order chi connectivity index (χ1) is 9.58. The summed E-state index contributed by atoms with van der Waals surface area (Å²) >= 11 is 0. The predicted octanol–water partition coefficient (Wildman–Crippen LogP) is 4.07. The van der Waals surface area contributed by atoms with Crippen molar-refractivity contribution in [2.75, 3.05) is 6.61 Å². The van der Waals surface area contributed by atoms with Gasteiger partial charge in [0.05, 0.1) is 6.61 Å². The molecule has 1 aromatic carbocycles. The largest absolute Gasteiger partial charge is 0.469 e. The zero-order chi connectivity index (χ0) is 14.7. The summed E-state index contributed by atoms with van der Waals surface area (Å²) in [5.41, 5.74) is 1.40. The van der Waals surface area contributed by atoms with E-state index in [9.17, 15) is 4.57 Å². The second-order valence-corrected chi connectivity index (χ2v) is 6.27. The number of rotatable bonds is 11. The van der Waals surface area contributed by atoms with Crippen LogP contribution in [0.1, 0.15) is 50.5 Å². The molecule has 0 aliphatic carbocycles. The van der Waals surface area contributed by atoms with E-state index >= 15 is 0 Å². The molecule has 0 aromatic heterocycles. The Kier molecular flexibility index (Phi) is 8.79. The molecule has 0 atom stereocenters. The van der Waals surface area contributed by atoms with Gasteiger partial charge in [-0.25, -0.2) is 4.57 Å². The first-order valence-electron chi connectivity index (χ1n) is 7.32. The quantitative estimate of drug-likeness (QED) is 0.477. The van der Waals surface area contributed by atoms with Crippen molar-refractivity contribution in [1.82, 2.24) is 0 Å². The first kappa shape index (κ1) is 17.4. The average molecular weight is 300 g/mol. The molecule has 2 N–H and O–H groups in total. The van der Waals surface area contributed by atoms with Gasteiger partial charge in [-0.15, -0.1) is 0 Å². The van der Waals surface area contributed by atoms with Crippen molar-refractivity contribution < 1.29 is 18.9 Å². The Morgan fingerprint density at radius 3 is 2.00 bits per heavy atom. The molecule has 0 saturated carbocycles. The van der Waals surface area contributed by atoms with Crippen LogP contribution in [-0.4, -0.2) is 16.4 Å². The summed E-state index contributed by atoms with van der Waals surface area (Å²) in [6.45, 7) is 0.151. The van der Waals surface area contributed by atoms with Crippen LogP contribution in [0.25, 0.3) is 0 Å². The fourth-order valence-electron chi connectivity index (χ4n) is 2.14. The van der Waals surface area contributed by atoms with E-state index < -0.39 is 7.82 Å². The Balaban J connectivity index is 1.85. The molecule has 0 aliphatic heterocycles. The molecular weight excluding hydrogens is 275 g/mol. The summed E-state index contributed by atoms with van der Waals surface area (Å²) in [6, 6.07) is 10.5. The molecule has 0 spiro atoms. The lowest BCUT2D eigenvalue weighted by atomic mass is 10.0. The van der Waals surface area contributed by atoms with Gasteiger partial charge in [0.25, 0.3) is 0 Å². The molecular formula is C15H25O4P. The highest BCUT2D eigenvalue weighted by Gasteiger charge is 2.12. The fraction of sp³-hybridized carbons (Fsp3) is 0.600. The lowest BCUT2D eigenvalue weighted by Crippen LogP contribution is -1.92. The number of unbranched alkanes of at least 4 members (excludes halogenated alkanes) is 6. The van der Waals surface area contributed by atoms with E-state index in [1.54, 1.807) is 0 Å². The molecule has 0 heterocycles. The maximum atomic E-state index is 10.4. The number of hydrogen-bond donors (Lipinski definition) is 2.